The maximum Gasteiger partial charge on any atom is 0.261 e. The van der Waals surface area contributed by atoms with E-state index < -0.39 is 0 Å². The fourth-order valence-corrected chi connectivity index (χ4v) is 2.06. The van der Waals surface area contributed by atoms with Gasteiger partial charge in [0.05, 0.1) is 5.69 Å². The molecule has 0 bridgehead atoms. The third kappa shape index (κ3) is 1.50. The Morgan fingerprint density at radius 1 is 1.00 bits per heavy atom. The molecular formula is C12H10BrNO2. The zero-order valence-corrected chi connectivity index (χ0v) is 10.5. The van der Waals surface area contributed by atoms with Crippen LogP contribution >= 0.6 is 15.9 Å². The quantitative estimate of drug-likeness (QED) is 0.742. The van der Waals surface area contributed by atoms with Gasteiger partial charge in [0.25, 0.3) is 11.8 Å². The molecule has 82 valence electrons. The van der Waals surface area contributed by atoms with Gasteiger partial charge < -0.3 is 0 Å². The number of anilines is 1. The Morgan fingerprint density at radius 2 is 1.50 bits per heavy atom. The van der Waals surface area contributed by atoms with E-state index in [-0.39, 0.29) is 11.8 Å². The van der Waals surface area contributed by atoms with Gasteiger partial charge in [-0.15, -0.1) is 0 Å². The highest BCUT2D eigenvalue weighted by Crippen LogP contribution is 2.31. The Kier molecular flexibility index (Phi) is 2.68. The fourth-order valence-electron chi connectivity index (χ4n) is 1.60. The molecule has 0 radical (unpaired) electrons. The number of imide groups is 1. The van der Waals surface area contributed by atoms with Crippen molar-refractivity contribution in [3.63, 3.8) is 0 Å². The standard InChI is InChI=1S/C12H10BrNO2/c1-7-8(2)12(16)14(11(7)15)10-6-4-3-5-9(10)13/h3-6H,1-2H3. The molecule has 1 aromatic carbocycles. The summed E-state index contributed by atoms with van der Waals surface area (Å²) in [5, 5.41) is 0. The molecule has 2 rings (SSSR count). The summed E-state index contributed by atoms with van der Waals surface area (Å²) in [4.78, 5) is 25.0. The number of hydrogen-bond acceptors (Lipinski definition) is 2. The first-order valence-electron chi connectivity index (χ1n) is 4.85. The molecule has 0 aliphatic carbocycles. The lowest BCUT2D eigenvalue weighted by Crippen LogP contribution is -2.31. The normalized spacial score (nSPS) is 16.3. The van der Waals surface area contributed by atoms with Gasteiger partial charge in [0.1, 0.15) is 0 Å². The van der Waals surface area contributed by atoms with Crippen LogP contribution in [0.15, 0.2) is 39.9 Å². The molecule has 0 saturated heterocycles. The Hall–Kier alpha value is -1.42. The summed E-state index contributed by atoms with van der Waals surface area (Å²) in [6.07, 6.45) is 0. The van der Waals surface area contributed by atoms with Crippen LogP contribution in [0, 0.1) is 0 Å². The number of rotatable bonds is 1. The maximum absolute atomic E-state index is 11.9. The summed E-state index contributed by atoms with van der Waals surface area (Å²) in [6, 6.07) is 7.18. The van der Waals surface area contributed by atoms with E-state index in [1.54, 1.807) is 32.0 Å². The second kappa shape index (κ2) is 3.87. The second-order valence-corrected chi connectivity index (χ2v) is 4.50. The van der Waals surface area contributed by atoms with E-state index >= 15 is 0 Å². The first-order chi connectivity index (χ1) is 7.54. The van der Waals surface area contributed by atoms with Crippen LogP contribution in [0.1, 0.15) is 13.8 Å². The summed E-state index contributed by atoms with van der Waals surface area (Å²) >= 11 is 3.34. The van der Waals surface area contributed by atoms with Crippen LogP contribution in [-0.4, -0.2) is 11.8 Å². The molecule has 16 heavy (non-hydrogen) atoms. The van der Waals surface area contributed by atoms with Crippen LogP contribution in [0.25, 0.3) is 0 Å². The van der Waals surface area contributed by atoms with Crippen LogP contribution in [0.5, 0.6) is 0 Å². The number of carbonyl (C=O) groups is 2. The summed E-state index contributed by atoms with van der Waals surface area (Å²) in [7, 11) is 0. The monoisotopic (exact) mass is 279 g/mol. The van der Waals surface area contributed by atoms with E-state index in [0.29, 0.717) is 16.8 Å². The summed E-state index contributed by atoms with van der Waals surface area (Å²) in [6.45, 7) is 3.35. The molecule has 1 aliphatic rings. The number of nitrogens with zero attached hydrogens (tertiary/aromatic N) is 1. The molecule has 0 spiro atoms. The molecule has 0 fully saturated rings. The van der Waals surface area contributed by atoms with Crippen molar-refractivity contribution in [3.8, 4) is 0 Å². The second-order valence-electron chi connectivity index (χ2n) is 3.65. The van der Waals surface area contributed by atoms with Crippen molar-refractivity contribution < 1.29 is 9.59 Å². The first kappa shape index (κ1) is 11.1. The summed E-state index contributed by atoms with van der Waals surface area (Å²) in [5.74, 6) is -0.483. The van der Waals surface area contributed by atoms with Gasteiger partial charge in [-0.25, -0.2) is 4.90 Å². The lowest BCUT2D eigenvalue weighted by molar-refractivity contribution is -0.120. The molecule has 0 N–H and O–H groups in total. The van der Waals surface area contributed by atoms with Crippen molar-refractivity contribution in [2.45, 2.75) is 13.8 Å². The Morgan fingerprint density at radius 3 is 2.00 bits per heavy atom. The zero-order valence-electron chi connectivity index (χ0n) is 8.95. The molecule has 0 atom stereocenters. The minimum Gasteiger partial charge on any atom is -0.269 e. The number of halogens is 1. The third-order valence-electron chi connectivity index (χ3n) is 2.70. The van der Waals surface area contributed by atoms with Crippen LogP contribution in [0.4, 0.5) is 5.69 Å². The van der Waals surface area contributed by atoms with E-state index in [2.05, 4.69) is 15.9 Å². The zero-order chi connectivity index (χ0) is 11.9. The highest BCUT2D eigenvalue weighted by Gasteiger charge is 2.35. The van der Waals surface area contributed by atoms with Gasteiger partial charge in [0.2, 0.25) is 0 Å². The average Bonchev–Trinajstić information content (AvgIpc) is 2.45. The van der Waals surface area contributed by atoms with Crippen LogP contribution in [-0.2, 0) is 9.59 Å². The highest BCUT2D eigenvalue weighted by molar-refractivity contribution is 9.10. The van der Waals surface area contributed by atoms with Gasteiger partial charge in [0, 0.05) is 15.6 Å². The lowest BCUT2D eigenvalue weighted by atomic mass is 10.2. The van der Waals surface area contributed by atoms with Gasteiger partial charge >= 0.3 is 0 Å². The van der Waals surface area contributed by atoms with Crippen LogP contribution < -0.4 is 4.90 Å². The van der Waals surface area contributed by atoms with Crippen molar-refractivity contribution in [1.29, 1.82) is 0 Å². The molecule has 0 unspecified atom stereocenters. The van der Waals surface area contributed by atoms with Gasteiger partial charge in [-0.1, -0.05) is 12.1 Å². The SMILES string of the molecule is CC1=C(C)C(=O)N(c2ccccc2Br)C1=O. The van der Waals surface area contributed by atoms with Crippen LogP contribution in [0.2, 0.25) is 0 Å². The fraction of sp³-hybridized carbons (Fsp3) is 0.167. The molecule has 1 aliphatic heterocycles. The molecule has 3 nitrogen and oxygen atoms in total. The number of carbonyl (C=O) groups excluding carboxylic acids is 2. The largest absolute Gasteiger partial charge is 0.269 e. The number of hydrogen-bond donors (Lipinski definition) is 0. The van der Waals surface area contributed by atoms with E-state index in [0.717, 1.165) is 4.47 Å². The first-order valence-corrected chi connectivity index (χ1v) is 5.64. The molecule has 0 aromatic heterocycles. The predicted molar refractivity (Wildman–Crippen MR) is 65.0 cm³/mol. The molecule has 1 heterocycles. The summed E-state index contributed by atoms with van der Waals surface area (Å²) in [5.41, 5.74) is 1.62. The van der Waals surface area contributed by atoms with Crippen molar-refractivity contribution in [2.24, 2.45) is 0 Å². The average molecular weight is 280 g/mol. The molecule has 1 aromatic rings. The Labute approximate surface area is 102 Å². The van der Waals surface area contributed by atoms with E-state index in [4.69, 9.17) is 0 Å². The van der Waals surface area contributed by atoms with Gasteiger partial charge in [-0.2, -0.15) is 0 Å². The highest BCUT2D eigenvalue weighted by atomic mass is 79.9. The summed E-state index contributed by atoms with van der Waals surface area (Å²) < 4.78 is 0.735. The van der Waals surface area contributed by atoms with E-state index in [1.807, 2.05) is 6.07 Å². The number of amides is 2. The number of benzene rings is 1. The van der Waals surface area contributed by atoms with Gasteiger partial charge in [-0.05, 0) is 41.9 Å². The topological polar surface area (TPSA) is 37.4 Å². The van der Waals surface area contributed by atoms with E-state index in [9.17, 15) is 9.59 Å². The molecule has 0 saturated carbocycles. The minimum atomic E-state index is -0.241. The minimum absolute atomic E-state index is 0.241. The predicted octanol–water partition coefficient (Wildman–Crippen LogP) is 2.66. The van der Waals surface area contributed by atoms with Gasteiger partial charge in [0.15, 0.2) is 0 Å². The number of para-hydroxylation sites is 1. The molecular weight excluding hydrogens is 270 g/mol. The van der Waals surface area contributed by atoms with Crippen molar-refractivity contribution in [2.75, 3.05) is 4.90 Å². The smallest absolute Gasteiger partial charge is 0.261 e. The van der Waals surface area contributed by atoms with Gasteiger partial charge in [-0.3, -0.25) is 9.59 Å². The van der Waals surface area contributed by atoms with E-state index in [1.165, 1.54) is 4.90 Å². The Bertz CT molecular complexity index is 496. The maximum atomic E-state index is 11.9. The molecule has 4 heteroatoms. The molecule has 2 amide bonds. The Balaban J connectivity index is 2.51. The van der Waals surface area contributed by atoms with Crippen molar-refractivity contribution >= 4 is 33.4 Å². The third-order valence-corrected chi connectivity index (χ3v) is 3.37. The van der Waals surface area contributed by atoms with Crippen LogP contribution in [0.3, 0.4) is 0 Å². The van der Waals surface area contributed by atoms with Crippen molar-refractivity contribution in [1.82, 2.24) is 0 Å². The van der Waals surface area contributed by atoms with Crippen molar-refractivity contribution in [3.05, 3.63) is 39.9 Å². The lowest BCUT2D eigenvalue weighted by Gasteiger charge is -2.16.